The van der Waals surface area contributed by atoms with E-state index >= 15 is 0 Å². The Hall–Kier alpha value is -3.43. The minimum atomic E-state index is -1.14. The molecule has 1 unspecified atom stereocenters. The summed E-state index contributed by atoms with van der Waals surface area (Å²) in [6.07, 6.45) is 2.79. The van der Waals surface area contributed by atoms with Crippen molar-refractivity contribution >= 4 is 23.5 Å². The molecule has 36 heavy (non-hydrogen) atoms. The van der Waals surface area contributed by atoms with E-state index < -0.39 is 36.5 Å². The SMILES string of the molecule is CCOC(=O)C(CCc1ccccc1)N[C@@H](CCCCN)C(=O)N(CC(=O)O)N(C)c1ccccc1. The number of benzene rings is 2. The predicted octanol–water partition coefficient (Wildman–Crippen LogP) is 2.60. The van der Waals surface area contributed by atoms with E-state index in [9.17, 15) is 19.5 Å². The minimum Gasteiger partial charge on any atom is -0.480 e. The lowest BCUT2D eigenvalue weighted by atomic mass is 10.0. The third-order valence-corrected chi connectivity index (χ3v) is 5.81. The molecule has 9 heteroatoms. The molecule has 0 aliphatic rings. The second kappa shape index (κ2) is 15.5. The molecule has 0 aliphatic carbocycles. The number of hydrazine groups is 1. The summed E-state index contributed by atoms with van der Waals surface area (Å²) in [4.78, 5) is 38.3. The average Bonchev–Trinajstić information content (AvgIpc) is 2.89. The first-order valence-corrected chi connectivity index (χ1v) is 12.4. The lowest BCUT2D eigenvalue weighted by Crippen LogP contribution is -2.57. The van der Waals surface area contributed by atoms with Gasteiger partial charge in [0.25, 0.3) is 5.91 Å². The standard InChI is InChI=1S/C27H38N4O5/c1-3-36-27(35)24(18-17-21-12-6-4-7-13-21)29-23(16-10-11-19-28)26(34)31(20-25(32)33)30(2)22-14-8-5-9-15-22/h4-9,12-15,23-24,29H,3,10-11,16-20,28H2,1-2H3,(H,32,33)/t23-,24?/m0/s1. The van der Waals surface area contributed by atoms with Crippen molar-refractivity contribution in [3.63, 3.8) is 0 Å². The molecular formula is C27H38N4O5. The minimum absolute atomic E-state index is 0.218. The van der Waals surface area contributed by atoms with Crippen LogP contribution in [0.3, 0.4) is 0 Å². The molecule has 0 aromatic heterocycles. The number of ether oxygens (including phenoxy) is 1. The van der Waals surface area contributed by atoms with Crippen LogP contribution in [0.1, 0.15) is 38.2 Å². The van der Waals surface area contributed by atoms with Crippen LogP contribution in [-0.4, -0.2) is 66.8 Å². The molecule has 0 aliphatic heterocycles. The molecule has 0 saturated heterocycles. The van der Waals surface area contributed by atoms with Crippen molar-refractivity contribution in [1.29, 1.82) is 0 Å². The van der Waals surface area contributed by atoms with Crippen LogP contribution >= 0.6 is 0 Å². The van der Waals surface area contributed by atoms with Gasteiger partial charge in [-0.2, -0.15) is 0 Å². The van der Waals surface area contributed by atoms with Gasteiger partial charge in [0, 0.05) is 7.05 Å². The molecule has 4 N–H and O–H groups in total. The summed E-state index contributed by atoms with van der Waals surface area (Å²) in [6, 6.07) is 17.3. The van der Waals surface area contributed by atoms with Crippen LogP contribution in [0.5, 0.6) is 0 Å². The number of hydrogen-bond donors (Lipinski definition) is 3. The molecule has 2 rings (SSSR count). The highest BCUT2D eigenvalue weighted by molar-refractivity contribution is 5.87. The van der Waals surface area contributed by atoms with Crippen LogP contribution in [0.2, 0.25) is 0 Å². The van der Waals surface area contributed by atoms with E-state index in [1.165, 1.54) is 10.0 Å². The number of esters is 1. The summed E-state index contributed by atoms with van der Waals surface area (Å²) in [5.74, 6) is -2.01. The number of carboxylic acids is 1. The molecule has 196 valence electrons. The van der Waals surface area contributed by atoms with Gasteiger partial charge in [-0.05, 0) is 56.8 Å². The van der Waals surface area contributed by atoms with Crippen LogP contribution in [-0.2, 0) is 25.5 Å². The number of hydrogen-bond acceptors (Lipinski definition) is 7. The van der Waals surface area contributed by atoms with E-state index in [1.807, 2.05) is 48.5 Å². The van der Waals surface area contributed by atoms with E-state index in [-0.39, 0.29) is 6.61 Å². The second-order valence-corrected chi connectivity index (χ2v) is 8.48. The lowest BCUT2D eigenvalue weighted by Gasteiger charge is -2.36. The Labute approximate surface area is 213 Å². The van der Waals surface area contributed by atoms with Crippen molar-refractivity contribution in [2.45, 2.75) is 51.1 Å². The molecular weight excluding hydrogens is 460 g/mol. The van der Waals surface area contributed by atoms with Crippen LogP contribution in [0, 0.1) is 0 Å². The molecule has 2 aromatic carbocycles. The third kappa shape index (κ3) is 9.31. The number of nitrogens with one attached hydrogen (secondary N) is 1. The highest BCUT2D eigenvalue weighted by Gasteiger charge is 2.32. The number of nitrogens with zero attached hydrogens (tertiary/aromatic N) is 2. The molecule has 0 spiro atoms. The van der Waals surface area contributed by atoms with Gasteiger partial charge in [0.15, 0.2) is 0 Å². The average molecular weight is 499 g/mol. The van der Waals surface area contributed by atoms with Crippen molar-refractivity contribution in [3.05, 3.63) is 66.2 Å². The van der Waals surface area contributed by atoms with Crippen molar-refractivity contribution in [1.82, 2.24) is 10.3 Å². The smallest absolute Gasteiger partial charge is 0.325 e. The largest absolute Gasteiger partial charge is 0.480 e. The monoisotopic (exact) mass is 498 g/mol. The van der Waals surface area contributed by atoms with E-state index in [4.69, 9.17) is 10.5 Å². The molecule has 0 bridgehead atoms. The van der Waals surface area contributed by atoms with Crippen LogP contribution < -0.4 is 16.1 Å². The quantitative estimate of drug-likeness (QED) is 0.183. The van der Waals surface area contributed by atoms with Crippen molar-refractivity contribution in [2.24, 2.45) is 5.73 Å². The number of carbonyl (C=O) groups excluding carboxylic acids is 2. The first kappa shape index (κ1) is 28.8. The highest BCUT2D eigenvalue weighted by Crippen LogP contribution is 2.17. The summed E-state index contributed by atoms with van der Waals surface area (Å²) in [5, 5.41) is 15.5. The van der Waals surface area contributed by atoms with Gasteiger partial charge >= 0.3 is 11.9 Å². The first-order chi connectivity index (χ1) is 17.4. The van der Waals surface area contributed by atoms with Gasteiger partial charge in [-0.3, -0.25) is 24.7 Å². The van der Waals surface area contributed by atoms with E-state index in [0.29, 0.717) is 44.3 Å². The number of rotatable bonds is 16. The Morgan fingerprint density at radius 3 is 2.19 bits per heavy atom. The fourth-order valence-corrected chi connectivity index (χ4v) is 3.90. The maximum absolute atomic E-state index is 13.8. The van der Waals surface area contributed by atoms with Crippen LogP contribution in [0.15, 0.2) is 60.7 Å². The van der Waals surface area contributed by atoms with Gasteiger partial charge in [-0.15, -0.1) is 0 Å². The molecule has 0 fully saturated rings. The number of anilines is 1. The highest BCUT2D eigenvalue weighted by atomic mass is 16.5. The zero-order chi connectivity index (χ0) is 26.3. The van der Waals surface area contributed by atoms with Crippen molar-refractivity contribution in [3.8, 4) is 0 Å². The summed E-state index contributed by atoms with van der Waals surface area (Å²) in [7, 11) is 1.64. The molecule has 0 radical (unpaired) electrons. The Morgan fingerprint density at radius 1 is 0.972 bits per heavy atom. The summed E-state index contributed by atoms with van der Waals surface area (Å²) >= 11 is 0. The normalized spacial score (nSPS) is 12.4. The number of amides is 1. The molecule has 0 heterocycles. The van der Waals surface area contributed by atoms with Gasteiger partial charge < -0.3 is 15.6 Å². The lowest BCUT2D eigenvalue weighted by molar-refractivity contribution is -0.148. The Kier molecular flexibility index (Phi) is 12.4. The Morgan fingerprint density at radius 2 is 1.61 bits per heavy atom. The molecule has 2 aromatic rings. The Bertz CT molecular complexity index is 942. The van der Waals surface area contributed by atoms with Gasteiger partial charge in [-0.1, -0.05) is 55.0 Å². The van der Waals surface area contributed by atoms with Crippen LogP contribution in [0.4, 0.5) is 5.69 Å². The zero-order valence-electron chi connectivity index (χ0n) is 21.1. The maximum Gasteiger partial charge on any atom is 0.325 e. The van der Waals surface area contributed by atoms with Gasteiger partial charge in [0.2, 0.25) is 0 Å². The number of unbranched alkanes of at least 4 members (excludes halogenated alkanes) is 1. The van der Waals surface area contributed by atoms with Gasteiger partial charge in [-0.25, -0.2) is 5.01 Å². The van der Waals surface area contributed by atoms with E-state index in [1.54, 1.807) is 26.1 Å². The van der Waals surface area contributed by atoms with Crippen LogP contribution in [0.25, 0.3) is 0 Å². The summed E-state index contributed by atoms with van der Waals surface area (Å²) in [5.41, 5.74) is 7.40. The number of para-hydroxylation sites is 1. The first-order valence-electron chi connectivity index (χ1n) is 12.4. The summed E-state index contributed by atoms with van der Waals surface area (Å²) in [6.45, 7) is 1.90. The van der Waals surface area contributed by atoms with E-state index in [0.717, 1.165) is 5.56 Å². The maximum atomic E-state index is 13.8. The molecule has 0 saturated carbocycles. The number of carbonyl (C=O) groups is 3. The number of aliphatic carboxylic acids is 1. The van der Waals surface area contributed by atoms with Crippen molar-refractivity contribution < 1.29 is 24.2 Å². The molecule has 2 atom stereocenters. The second-order valence-electron chi connectivity index (χ2n) is 8.48. The third-order valence-electron chi connectivity index (χ3n) is 5.81. The van der Waals surface area contributed by atoms with Gasteiger partial charge in [0.05, 0.1) is 18.3 Å². The van der Waals surface area contributed by atoms with E-state index in [2.05, 4.69) is 5.32 Å². The molecule has 1 amide bonds. The Balaban J connectivity index is 2.29. The number of nitrogens with two attached hydrogens (primary N) is 1. The van der Waals surface area contributed by atoms with Gasteiger partial charge in [0.1, 0.15) is 12.6 Å². The fourth-order valence-electron chi connectivity index (χ4n) is 3.90. The zero-order valence-corrected chi connectivity index (χ0v) is 21.1. The summed E-state index contributed by atoms with van der Waals surface area (Å²) < 4.78 is 5.29. The topological polar surface area (TPSA) is 125 Å². The van der Waals surface area contributed by atoms with Crippen molar-refractivity contribution in [2.75, 3.05) is 31.8 Å². The molecule has 9 nitrogen and oxygen atoms in total. The predicted molar refractivity (Wildman–Crippen MR) is 139 cm³/mol. The number of carboxylic acid groups (broad SMARTS) is 1. The fraction of sp³-hybridized carbons (Fsp3) is 0.444. The number of aryl methyl sites for hydroxylation is 1.